The van der Waals surface area contributed by atoms with Crippen molar-refractivity contribution in [1.82, 2.24) is 19.9 Å². The van der Waals surface area contributed by atoms with E-state index in [4.69, 9.17) is 10.3 Å². The van der Waals surface area contributed by atoms with Gasteiger partial charge in [-0.2, -0.15) is 10.1 Å². The number of nitrogens with zero attached hydrogens (tertiary/aromatic N) is 4. The fourth-order valence-electron chi connectivity index (χ4n) is 1.29. The Labute approximate surface area is 93.4 Å². The van der Waals surface area contributed by atoms with Gasteiger partial charge in [-0.25, -0.2) is 0 Å². The zero-order chi connectivity index (χ0) is 11.7. The third-order valence-corrected chi connectivity index (χ3v) is 2.39. The summed E-state index contributed by atoms with van der Waals surface area (Å²) in [6.07, 6.45) is 1.83. The molecule has 0 fully saturated rings. The van der Waals surface area contributed by atoms with Crippen LogP contribution in [0.15, 0.2) is 16.8 Å². The number of aromatic nitrogens is 4. The van der Waals surface area contributed by atoms with Crippen LogP contribution in [-0.2, 0) is 7.05 Å². The summed E-state index contributed by atoms with van der Waals surface area (Å²) >= 11 is 0. The third-order valence-electron chi connectivity index (χ3n) is 2.39. The van der Waals surface area contributed by atoms with Crippen molar-refractivity contribution in [3.8, 4) is 11.5 Å². The zero-order valence-corrected chi connectivity index (χ0v) is 9.58. The SMILES string of the molecule is CC(C)[C@@H](N)c1nc(-c2ccn(C)n2)no1. The number of rotatable bonds is 3. The summed E-state index contributed by atoms with van der Waals surface area (Å²) in [7, 11) is 1.84. The fourth-order valence-corrected chi connectivity index (χ4v) is 1.29. The van der Waals surface area contributed by atoms with Crippen LogP contribution in [-0.4, -0.2) is 19.9 Å². The Hall–Kier alpha value is -1.69. The van der Waals surface area contributed by atoms with E-state index in [0.29, 0.717) is 17.4 Å². The van der Waals surface area contributed by atoms with Crippen molar-refractivity contribution < 1.29 is 4.52 Å². The molecule has 16 heavy (non-hydrogen) atoms. The highest BCUT2D eigenvalue weighted by atomic mass is 16.5. The molecule has 6 nitrogen and oxygen atoms in total. The minimum absolute atomic E-state index is 0.232. The molecule has 0 saturated heterocycles. The summed E-state index contributed by atoms with van der Waals surface area (Å²) < 4.78 is 6.80. The molecule has 0 radical (unpaired) electrons. The molecule has 0 spiro atoms. The molecular formula is C10H15N5O. The Balaban J connectivity index is 2.26. The number of aryl methyl sites for hydroxylation is 1. The van der Waals surface area contributed by atoms with Crippen LogP contribution in [0.2, 0.25) is 0 Å². The average molecular weight is 221 g/mol. The standard InChI is InChI=1S/C10H15N5O/c1-6(2)8(11)10-12-9(14-16-10)7-4-5-15(3)13-7/h4-6,8H,11H2,1-3H3/t8-/m1/s1. The highest BCUT2D eigenvalue weighted by molar-refractivity contribution is 5.46. The summed E-state index contributed by atoms with van der Waals surface area (Å²) in [5, 5.41) is 8.05. The Morgan fingerprint density at radius 2 is 2.19 bits per heavy atom. The summed E-state index contributed by atoms with van der Waals surface area (Å²) in [5.74, 6) is 1.19. The van der Waals surface area contributed by atoms with Crippen LogP contribution in [0.5, 0.6) is 0 Å². The quantitative estimate of drug-likeness (QED) is 0.839. The van der Waals surface area contributed by atoms with Crippen molar-refractivity contribution in [3.63, 3.8) is 0 Å². The van der Waals surface area contributed by atoms with E-state index < -0.39 is 0 Å². The largest absolute Gasteiger partial charge is 0.337 e. The topological polar surface area (TPSA) is 82.8 Å². The molecule has 0 aliphatic carbocycles. The first-order valence-electron chi connectivity index (χ1n) is 5.17. The lowest BCUT2D eigenvalue weighted by molar-refractivity contribution is 0.325. The van der Waals surface area contributed by atoms with Crippen molar-refractivity contribution in [3.05, 3.63) is 18.2 Å². The van der Waals surface area contributed by atoms with Crippen LogP contribution >= 0.6 is 0 Å². The molecule has 0 aliphatic heterocycles. The van der Waals surface area contributed by atoms with Gasteiger partial charge in [0.05, 0.1) is 6.04 Å². The monoisotopic (exact) mass is 221 g/mol. The maximum absolute atomic E-state index is 5.91. The fraction of sp³-hybridized carbons (Fsp3) is 0.500. The van der Waals surface area contributed by atoms with Gasteiger partial charge in [-0.3, -0.25) is 4.68 Å². The van der Waals surface area contributed by atoms with Gasteiger partial charge in [-0.15, -0.1) is 0 Å². The summed E-state index contributed by atoms with van der Waals surface area (Å²) in [4.78, 5) is 4.24. The highest BCUT2D eigenvalue weighted by Crippen LogP contribution is 2.20. The lowest BCUT2D eigenvalue weighted by atomic mass is 10.1. The Morgan fingerprint density at radius 3 is 2.75 bits per heavy atom. The second-order valence-electron chi connectivity index (χ2n) is 4.10. The molecule has 2 aromatic rings. The first kappa shape index (κ1) is 10.8. The molecule has 6 heteroatoms. The molecule has 0 saturated carbocycles. The average Bonchev–Trinajstić information content (AvgIpc) is 2.84. The van der Waals surface area contributed by atoms with Crippen molar-refractivity contribution in [1.29, 1.82) is 0 Å². The van der Waals surface area contributed by atoms with Crippen LogP contribution in [0.4, 0.5) is 0 Å². The maximum Gasteiger partial charge on any atom is 0.244 e. The molecule has 0 bridgehead atoms. The van der Waals surface area contributed by atoms with E-state index in [1.807, 2.05) is 33.2 Å². The van der Waals surface area contributed by atoms with E-state index >= 15 is 0 Å². The minimum Gasteiger partial charge on any atom is -0.337 e. The van der Waals surface area contributed by atoms with Gasteiger partial charge in [0.25, 0.3) is 0 Å². The molecule has 2 N–H and O–H groups in total. The zero-order valence-electron chi connectivity index (χ0n) is 9.58. The van der Waals surface area contributed by atoms with Gasteiger partial charge in [0.15, 0.2) is 0 Å². The summed E-state index contributed by atoms with van der Waals surface area (Å²) in [6.45, 7) is 4.02. The first-order valence-corrected chi connectivity index (χ1v) is 5.17. The Kier molecular flexibility index (Phi) is 2.74. The van der Waals surface area contributed by atoms with Gasteiger partial charge < -0.3 is 10.3 Å². The highest BCUT2D eigenvalue weighted by Gasteiger charge is 2.19. The second-order valence-corrected chi connectivity index (χ2v) is 4.10. The number of nitrogens with two attached hydrogens (primary N) is 1. The van der Waals surface area contributed by atoms with Gasteiger partial charge in [0.1, 0.15) is 5.69 Å². The molecule has 2 aromatic heterocycles. The van der Waals surface area contributed by atoms with Crippen molar-refractivity contribution >= 4 is 0 Å². The smallest absolute Gasteiger partial charge is 0.244 e. The lowest BCUT2D eigenvalue weighted by Crippen LogP contribution is -2.16. The molecule has 2 rings (SSSR count). The first-order chi connectivity index (χ1) is 7.58. The van der Waals surface area contributed by atoms with Gasteiger partial charge in [0.2, 0.25) is 11.7 Å². The van der Waals surface area contributed by atoms with Crippen molar-refractivity contribution in [2.45, 2.75) is 19.9 Å². The van der Waals surface area contributed by atoms with E-state index in [2.05, 4.69) is 15.2 Å². The Bertz CT molecular complexity index is 473. The molecule has 86 valence electrons. The molecule has 2 heterocycles. The van der Waals surface area contributed by atoms with Gasteiger partial charge >= 0.3 is 0 Å². The van der Waals surface area contributed by atoms with Crippen LogP contribution in [0, 0.1) is 5.92 Å². The lowest BCUT2D eigenvalue weighted by Gasteiger charge is -2.08. The normalized spacial score (nSPS) is 13.3. The summed E-state index contributed by atoms with van der Waals surface area (Å²) in [6, 6.07) is 1.60. The van der Waals surface area contributed by atoms with Crippen molar-refractivity contribution in [2.75, 3.05) is 0 Å². The van der Waals surface area contributed by atoms with E-state index in [1.165, 1.54) is 0 Å². The van der Waals surface area contributed by atoms with Gasteiger partial charge in [-0.1, -0.05) is 19.0 Å². The van der Waals surface area contributed by atoms with Gasteiger partial charge in [-0.05, 0) is 12.0 Å². The van der Waals surface area contributed by atoms with E-state index in [-0.39, 0.29) is 12.0 Å². The molecule has 0 aromatic carbocycles. The maximum atomic E-state index is 5.91. The van der Waals surface area contributed by atoms with Crippen molar-refractivity contribution in [2.24, 2.45) is 18.7 Å². The molecular weight excluding hydrogens is 206 g/mol. The molecule has 0 aliphatic rings. The Morgan fingerprint density at radius 1 is 1.44 bits per heavy atom. The predicted molar refractivity (Wildman–Crippen MR) is 58.3 cm³/mol. The van der Waals surface area contributed by atoms with E-state index in [1.54, 1.807) is 4.68 Å². The number of hydrogen-bond acceptors (Lipinski definition) is 5. The van der Waals surface area contributed by atoms with Crippen LogP contribution in [0.1, 0.15) is 25.8 Å². The minimum atomic E-state index is -0.232. The predicted octanol–water partition coefficient (Wildman–Crippen LogP) is 1.13. The van der Waals surface area contributed by atoms with E-state index in [0.717, 1.165) is 0 Å². The van der Waals surface area contributed by atoms with Crippen LogP contribution in [0.3, 0.4) is 0 Å². The third kappa shape index (κ3) is 1.96. The number of hydrogen-bond donors (Lipinski definition) is 1. The van der Waals surface area contributed by atoms with Crippen LogP contribution < -0.4 is 5.73 Å². The van der Waals surface area contributed by atoms with E-state index in [9.17, 15) is 0 Å². The summed E-state index contributed by atoms with van der Waals surface area (Å²) in [5.41, 5.74) is 6.60. The van der Waals surface area contributed by atoms with Gasteiger partial charge in [0, 0.05) is 13.2 Å². The second kappa shape index (κ2) is 4.05. The molecule has 0 amide bonds. The van der Waals surface area contributed by atoms with Crippen LogP contribution in [0.25, 0.3) is 11.5 Å². The molecule has 0 unspecified atom stereocenters. The molecule has 1 atom stereocenters.